The summed E-state index contributed by atoms with van der Waals surface area (Å²) < 4.78 is 28.8. The van der Waals surface area contributed by atoms with E-state index in [0.29, 0.717) is 39.9 Å². The van der Waals surface area contributed by atoms with Crippen LogP contribution in [0.25, 0.3) is 0 Å². The lowest BCUT2D eigenvalue weighted by atomic mass is 9.71. The highest BCUT2D eigenvalue weighted by Gasteiger charge is 2.74. The molecule has 6 rings (SSSR count). The molecule has 1 unspecified atom stereocenters. The van der Waals surface area contributed by atoms with Gasteiger partial charge in [0.2, 0.25) is 6.79 Å². The number of carbonyl (C=O) groups is 1. The van der Waals surface area contributed by atoms with E-state index < -0.39 is 17.1 Å². The standard InChI is InChI=1S/C26H22O7/c1-29-17-11-21(30-2)24-22(12-17)33-26(16-8-9-19-20(10-16)32-14-31-19)18(13-23(27)25(24,26)28)15-6-4-3-5-7-15/h3-12,18,28H,13-14H2,1-2H3/t18-,25?,26-/m0/s1. The van der Waals surface area contributed by atoms with Crippen molar-refractivity contribution in [3.05, 3.63) is 77.4 Å². The van der Waals surface area contributed by atoms with E-state index in [0.717, 1.165) is 5.56 Å². The van der Waals surface area contributed by atoms with Crippen LogP contribution in [0.5, 0.6) is 28.7 Å². The zero-order chi connectivity index (χ0) is 22.8. The molecule has 0 amide bonds. The van der Waals surface area contributed by atoms with Crippen molar-refractivity contribution in [2.24, 2.45) is 0 Å². The van der Waals surface area contributed by atoms with E-state index in [1.165, 1.54) is 14.2 Å². The molecule has 1 N–H and O–H groups in total. The summed E-state index contributed by atoms with van der Waals surface area (Å²) >= 11 is 0. The number of benzene rings is 3. The lowest BCUT2D eigenvalue weighted by molar-refractivity contribution is -0.151. The average Bonchev–Trinajstić information content (AvgIpc) is 3.48. The first-order valence-corrected chi connectivity index (χ1v) is 10.7. The molecule has 3 aliphatic rings. The Morgan fingerprint density at radius 3 is 2.48 bits per heavy atom. The first-order chi connectivity index (χ1) is 16.0. The van der Waals surface area contributed by atoms with Gasteiger partial charge >= 0.3 is 0 Å². The molecule has 1 saturated carbocycles. The largest absolute Gasteiger partial charge is 0.496 e. The molecular formula is C26H22O7. The Balaban J connectivity index is 1.66. The van der Waals surface area contributed by atoms with Gasteiger partial charge in [-0.3, -0.25) is 4.79 Å². The van der Waals surface area contributed by atoms with Crippen LogP contribution in [0, 0.1) is 0 Å². The third kappa shape index (κ3) is 2.45. The summed E-state index contributed by atoms with van der Waals surface area (Å²) in [5, 5.41) is 12.3. The number of carbonyl (C=O) groups excluding carboxylic acids is 1. The molecule has 0 saturated heterocycles. The summed E-state index contributed by atoms with van der Waals surface area (Å²) in [6.07, 6.45) is 0.101. The Bertz CT molecular complexity index is 1270. The Kier molecular flexibility index (Phi) is 4.16. The molecule has 0 spiro atoms. The molecule has 3 atom stereocenters. The number of Topliss-reactive ketones (excluding diaryl/α,β-unsaturated/α-hetero) is 1. The third-order valence-corrected chi connectivity index (χ3v) is 6.95. The highest BCUT2D eigenvalue weighted by molar-refractivity contribution is 5.97. The zero-order valence-corrected chi connectivity index (χ0v) is 18.2. The molecule has 2 aliphatic heterocycles. The Morgan fingerprint density at radius 2 is 1.73 bits per heavy atom. The maximum atomic E-state index is 13.7. The predicted octanol–water partition coefficient (Wildman–Crippen LogP) is 3.66. The van der Waals surface area contributed by atoms with E-state index >= 15 is 0 Å². The maximum absolute atomic E-state index is 13.7. The minimum Gasteiger partial charge on any atom is -0.496 e. The number of fused-ring (bicyclic) bond motifs is 4. The number of rotatable bonds is 4. The summed E-state index contributed by atoms with van der Waals surface area (Å²) in [6.45, 7) is 0.114. The highest BCUT2D eigenvalue weighted by atomic mass is 16.7. The van der Waals surface area contributed by atoms with E-state index in [1.54, 1.807) is 24.3 Å². The summed E-state index contributed by atoms with van der Waals surface area (Å²) in [7, 11) is 3.03. The minimum absolute atomic E-state index is 0.101. The molecule has 0 aromatic heterocycles. The van der Waals surface area contributed by atoms with E-state index in [9.17, 15) is 9.90 Å². The molecule has 7 heteroatoms. The first kappa shape index (κ1) is 19.9. The number of ketones is 1. The van der Waals surface area contributed by atoms with Crippen molar-refractivity contribution in [3.63, 3.8) is 0 Å². The normalized spacial score (nSPS) is 26.5. The van der Waals surface area contributed by atoms with Gasteiger partial charge in [-0.1, -0.05) is 36.4 Å². The summed E-state index contributed by atoms with van der Waals surface area (Å²) in [4.78, 5) is 13.7. The smallest absolute Gasteiger partial charge is 0.231 e. The van der Waals surface area contributed by atoms with Gasteiger partial charge in [0.1, 0.15) is 17.2 Å². The monoisotopic (exact) mass is 446 g/mol. The van der Waals surface area contributed by atoms with Crippen molar-refractivity contribution in [3.8, 4) is 28.7 Å². The van der Waals surface area contributed by atoms with E-state index in [1.807, 2.05) is 36.4 Å². The van der Waals surface area contributed by atoms with Gasteiger partial charge in [0.15, 0.2) is 28.5 Å². The molecule has 33 heavy (non-hydrogen) atoms. The van der Waals surface area contributed by atoms with Gasteiger partial charge in [0, 0.05) is 30.0 Å². The summed E-state index contributed by atoms with van der Waals surface area (Å²) in [6, 6.07) is 18.4. The lowest BCUT2D eigenvalue weighted by Gasteiger charge is -2.39. The van der Waals surface area contributed by atoms with Gasteiger partial charge in [0.25, 0.3) is 0 Å². The molecule has 0 bridgehead atoms. The molecule has 7 nitrogen and oxygen atoms in total. The van der Waals surface area contributed by atoms with Crippen LogP contribution in [0.1, 0.15) is 29.0 Å². The van der Waals surface area contributed by atoms with Crippen molar-refractivity contribution in [2.75, 3.05) is 21.0 Å². The van der Waals surface area contributed by atoms with E-state index in [-0.39, 0.29) is 19.0 Å². The van der Waals surface area contributed by atoms with Crippen molar-refractivity contribution in [2.45, 2.75) is 23.5 Å². The van der Waals surface area contributed by atoms with Crippen LogP contribution in [0.2, 0.25) is 0 Å². The van der Waals surface area contributed by atoms with Gasteiger partial charge in [-0.25, -0.2) is 0 Å². The lowest BCUT2D eigenvalue weighted by Crippen LogP contribution is -2.50. The van der Waals surface area contributed by atoms with Crippen molar-refractivity contribution in [1.82, 2.24) is 0 Å². The molecule has 1 fully saturated rings. The second kappa shape index (κ2) is 6.89. The fourth-order valence-corrected chi connectivity index (χ4v) is 5.50. The van der Waals surface area contributed by atoms with E-state index in [4.69, 9.17) is 23.7 Å². The topological polar surface area (TPSA) is 83.5 Å². The Labute approximate surface area is 190 Å². The van der Waals surface area contributed by atoms with Crippen LogP contribution in [0.15, 0.2) is 60.7 Å². The summed E-state index contributed by atoms with van der Waals surface area (Å²) in [5.41, 5.74) is -1.60. The second-order valence-corrected chi connectivity index (χ2v) is 8.41. The van der Waals surface area contributed by atoms with Crippen LogP contribution in [0.3, 0.4) is 0 Å². The number of methoxy groups -OCH3 is 2. The van der Waals surface area contributed by atoms with Crippen LogP contribution in [0.4, 0.5) is 0 Å². The molecule has 2 heterocycles. The quantitative estimate of drug-likeness (QED) is 0.655. The fraction of sp³-hybridized carbons (Fsp3) is 0.269. The number of hydrogen-bond donors (Lipinski definition) is 1. The van der Waals surface area contributed by atoms with Gasteiger partial charge in [0.05, 0.1) is 19.8 Å². The van der Waals surface area contributed by atoms with Crippen LogP contribution >= 0.6 is 0 Å². The fourth-order valence-electron chi connectivity index (χ4n) is 5.50. The zero-order valence-electron chi connectivity index (χ0n) is 18.2. The van der Waals surface area contributed by atoms with Crippen molar-refractivity contribution >= 4 is 5.78 Å². The SMILES string of the molecule is COc1cc(OC)c2c(c1)O[C@@]1(c3ccc4c(c3)OCO4)[C@H](c3ccccc3)CC(=O)C21O. The molecule has 0 radical (unpaired) electrons. The molecule has 3 aromatic carbocycles. The maximum Gasteiger partial charge on any atom is 0.231 e. The Hall–Kier alpha value is -3.71. The number of hydrogen-bond acceptors (Lipinski definition) is 7. The molecular weight excluding hydrogens is 424 g/mol. The van der Waals surface area contributed by atoms with Gasteiger partial charge < -0.3 is 28.8 Å². The number of ether oxygens (including phenoxy) is 5. The number of aliphatic hydroxyl groups is 1. The highest BCUT2D eigenvalue weighted by Crippen LogP contribution is 2.67. The molecule has 3 aromatic rings. The van der Waals surface area contributed by atoms with Crippen LogP contribution < -0.4 is 23.7 Å². The minimum atomic E-state index is -1.98. The first-order valence-electron chi connectivity index (χ1n) is 10.7. The van der Waals surface area contributed by atoms with E-state index in [2.05, 4.69) is 0 Å². The second-order valence-electron chi connectivity index (χ2n) is 8.41. The van der Waals surface area contributed by atoms with Crippen molar-refractivity contribution < 1.29 is 33.6 Å². The van der Waals surface area contributed by atoms with Crippen LogP contribution in [-0.4, -0.2) is 31.9 Å². The third-order valence-electron chi connectivity index (χ3n) is 6.95. The molecule has 168 valence electrons. The van der Waals surface area contributed by atoms with Gasteiger partial charge in [-0.2, -0.15) is 0 Å². The molecule has 1 aliphatic carbocycles. The van der Waals surface area contributed by atoms with Gasteiger partial charge in [-0.05, 0) is 17.7 Å². The summed E-state index contributed by atoms with van der Waals surface area (Å²) in [5.74, 6) is 1.53. The Morgan fingerprint density at radius 1 is 0.939 bits per heavy atom. The predicted molar refractivity (Wildman–Crippen MR) is 117 cm³/mol. The van der Waals surface area contributed by atoms with Crippen molar-refractivity contribution in [1.29, 1.82) is 0 Å². The van der Waals surface area contributed by atoms with Gasteiger partial charge in [-0.15, -0.1) is 0 Å². The average molecular weight is 446 g/mol. The van der Waals surface area contributed by atoms with Crippen LogP contribution in [-0.2, 0) is 16.0 Å².